The predicted molar refractivity (Wildman–Crippen MR) is 133 cm³/mol. The van der Waals surface area contributed by atoms with Crippen LogP contribution in [0.3, 0.4) is 0 Å². The average molecular weight is 469 g/mol. The molecule has 6 nitrogen and oxygen atoms in total. The summed E-state index contributed by atoms with van der Waals surface area (Å²) in [5.74, 6) is -0.767. The summed E-state index contributed by atoms with van der Waals surface area (Å²) >= 11 is 6.86. The average Bonchev–Trinajstić information content (AvgIpc) is 3.22. The lowest BCUT2D eigenvalue weighted by atomic mass is 10.1. The van der Waals surface area contributed by atoms with Crippen molar-refractivity contribution in [3.63, 3.8) is 0 Å². The fourth-order valence-electron chi connectivity index (χ4n) is 2.82. The van der Waals surface area contributed by atoms with Crippen molar-refractivity contribution < 1.29 is 19.1 Å². The molecule has 0 bridgehead atoms. The van der Waals surface area contributed by atoms with Crippen molar-refractivity contribution in [3.05, 3.63) is 71.8 Å². The van der Waals surface area contributed by atoms with E-state index >= 15 is 0 Å². The molecule has 1 aromatic heterocycles. The zero-order valence-electron chi connectivity index (χ0n) is 17.8. The predicted octanol–water partition coefficient (Wildman–Crippen LogP) is 5.97. The van der Waals surface area contributed by atoms with Gasteiger partial charge in [0, 0.05) is 10.6 Å². The highest BCUT2D eigenvalue weighted by Crippen LogP contribution is 2.36. The van der Waals surface area contributed by atoms with Gasteiger partial charge in [0.15, 0.2) is 5.11 Å². The van der Waals surface area contributed by atoms with Gasteiger partial charge in [0.1, 0.15) is 5.00 Å². The van der Waals surface area contributed by atoms with Gasteiger partial charge in [-0.25, -0.2) is 9.59 Å². The monoisotopic (exact) mass is 468 g/mol. The quantitative estimate of drug-likeness (QED) is 0.312. The van der Waals surface area contributed by atoms with Gasteiger partial charge in [0.25, 0.3) is 0 Å². The zero-order valence-corrected chi connectivity index (χ0v) is 19.5. The molecule has 2 aromatic carbocycles. The molecule has 166 valence electrons. The molecule has 32 heavy (non-hydrogen) atoms. The molecule has 0 unspecified atom stereocenters. The minimum atomic E-state index is -0.411. The van der Waals surface area contributed by atoms with Crippen LogP contribution in [0.4, 0.5) is 10.7 Å². The van der Waals surface area contributed by atoms with Crippen LogP contribution >= 0.6 is 23.6 Å². The summed E-state index contributed by atoms with van der Waals surface area (Å²) in [6.45, 7) is 4.38. The first-order valence-corrected chi connectivity index (χ1v) is 11.5. The van der Waals surface area contributed by atoms with Crippen LogP contribution in [0.15, 0.2) is 60.7 Å². The molecule has 0 aliphatic rings. The van der Waals surface area contributed by atoms with E-state index in [-0.39, 0.29) is 12.6 Å². The lowest BCUT2D eigenvalue weighted by Crippen LogP contribution is -2.20. The van der Waals surface area contributed by atoms with Gasteiger partial charge in [-0.2, -0.15) is 0 Å². The van der Waals surface area contributed by atoms with E-state index in [0.717, 1.165) is 16.9 Å². The second kappa shape index (κ2) is 11.4. The smallest absolute Gasteiger partial charge is 0.341 e. The van der Waals surface area contributed by atoms with Crippen LogP contribution in [0.5, 0.6) is 0 Å². The molecule has 2 N–H and O–H groups in total. The first kappa shape index (κ1) is 23.4. The van der Waals surface area contributed by atoms with Gasteiger partial charge in [-0.3, -0.25) is 0 Å². The Bertz CT molecular complexity index is 1080. The molecule has 0 saturated heterocycles. The summed E-state index contributed by atoms with van der Waals surface area (Å²) in [6, 6.07) is 18.4. The van der Waals surface area contributed by atoms with Gasteiger partial charge in [0.2, 0.25) is 0 Å². The van der Waals surface area contributed by atoms with Crippen LogP contribution in [0.25, 0.3) is 10.4 Å². The molecule has 0 radical (unpaired) electrons. The normalized spacial score (nSPS) is 10.3. The number of carbonyl (C=O) groups is 2. The number of thiophene rings is 1. The number of nitrogens with one attached hydrogen (secondary N) is 2. The first-order valence-electron chi connectivity index (χ1n) is 10.2. The van der Waals surface area contributed by atoms with Crippen LogP contribution < -0.4 is 10.6 Å². The largest absolute Gasteiger partial charge is 0.462 e. The molecule has 0 aliphatic heterocycles. The third-order valence-corrected chi connectivity index (χ3v) is 5.63. The van der Waals surface area contributed by atoms with Gasteiger partial charge < -0.3 is 20.1 Å². The molecule has 3 aromatic rings. The van der Waals surface area contributed by atoms with Crippen LogP contribution in [0.2, 0.25) is 0 Å². The summed E-state index contributed by atoms with van der Waals surface area (Å²) in [7, 11) is 0. The van der Waals surface area contributed by atoms with E-state index in [4.69, 9.17) is 21.7 Å². The molecule has 0 fully saturated rings. The number of carbonyl (C=O) groups excluding carboxylic acids is 2. The molecule has 0 spiro atoms. The molecule has 0 saturated carbocycles. The minimum Gasteiger partial charge on any atom is -0.462 e. The highest BCUT2D eigenvalue weighted by molar-refractivity contribution is 7.80. The number of anilines is 2. The SMILES string of the molecule is CCCOC(=O)c1ccc(NC(=S)Nc2sc(-c3ccccc3)cc2C(=O)OCC)cc1. The summed E-state index contributed by atoms with van der Waals surface area (Å²) in [5.41, 5.74) is 2.60. The molecule has 1 heterocycles. The fraction of sp³-hybridized carbons (Fsp3) is 0.208. The van der Waals surface area contributed by atoms with Crippen LogP contribution in [0, 0.1) is 0 Å². The van der Waals surface area contributed by atoms with E-state index in [1.165, 1.54) is 11.3 Å². The van der Waals surface area contributed by atoms with Crippen molar-refractivity contribution in [3.8, 4) is 10.4 Å². The van der Waals surface area contributed by atoms with Gasteiger partial charge >= 0.3 is 11.9 Å². The summed E-state index contributed by atoms with van der Waals surface area (Å²) in [6.07, 6.45) is 0.772. The number of esters is 2. The molecule has 0 atom stereocenters. The third-order valence-electron chi connectivity index (χ3n) is 4.33. The Morgan fingerprint density at radius 2 is 1.66 bits per heavy atom. The van der Waals surface area contributed by atoms with E-state index in [1.807, 2.05) is 37.3 Å². The van der Waals surface area contributed by atoms with Crippen LogP contribution in [-0.2, 0) is 9.47 Å². The Hall–Kier alpha value is -3.23. The second-order valence-corrected chi connectivity index (χ2v) is 8.19. The molecule has 3 rings (SSSR count). The molecule has 0 aliphatic carbocycles. The van der Waals surface area contributed by atoms with Gasteiger partial charge in [0.05, 0.1) is 24.3 Å². The highest BCUT2D eigenvalue weighted by Gasteiger charge is 2.19. The maximum absolute atomic E-state index is 12.5. The number of ether oxygens (including phenoxy) is 2. The number of hydrogen-bond acceptors (Lipinski definition) is 6. The van der Waals surface area contributed by atoms with Crippen LogP contribution in [0.1, 0.15) is 41.0 Å². The Balaban J connectivity index is 1.73. The molecular weight excluding hydrogens is 444 g/mol. The van der Waals surface area contributed by atoms with Crippen molar-refractivity contribution in [2.45, 2.75) is 20.3 Å². The minimum absolute atomic E-state index is 0.282. The van der Waals surface area contributed by atoms with Crippen molar-refractivity contribution in [1.82, 2.24) is 0 Å². The van der Waals surface area contributed by atoms with E-state index in [0.29, 0.717) is 33.5 Å². The van der Waals surface area contributed by atoms with Gasteiger partial charge in [-0.05, 0) is 61.5 Å². The maximum atomic E-state index is 12.5. The van der Waals surface area contributed by atoms with E-state index in [2.05, 4.69) is 10.6 Å². The Labute approximate surface area is 196 Å². The lowest BCUT2D eigenvalue weighted by molar-refractivity contribution is 0.0502. The van der Waals surface area contributed by atoms with Crippen molar-refractivity contribution in [2.24, 2.45) is 0 Å². The third kappa shape index (κ3) is 6.15. The number of hydrogen-bond donors (Lipinski definition) is 2. The number of thiocarbonyl (C=S) groups is 1. The summed E-state index contributed by atoms with van der Waals surface area (Å²) < 4.78 is 10.3. The van der Waals surface area contributed by atoms with E-state index in [1.54, 1.807) is 37.3 Å². The van der Waals surface area contributed by atoms with E-state index in [9.17, 15) is 9.59 Å². The second-order valence-electron chi connectivity index (χ2n) is 6.73. The molecule has 8 heteroatoms. The van der Waals surface area contributed by atoms with Crippen molar-refractivity contribution in [1.29, 1.82) is 0 Å². The first-order chi connectivity index (χ1) is 15.5. The Morgan fingerprint density at radius 1 is 0.938 bits per heavy atom. The van der Waals surface area contributed by atoms with Crippen molar-refractivity contribution in [2.75, 3.05) is 23.8 Å². The Morgan fingerprint density at radius 3 is 2.31 bits per heavy atom. The lowest BCUT2D eigenvalue weighted by Gasteiger charge is -2.11. The number of rotatable bonds is 8. The Kier molecular flexibility index (Phi) is 8.35. The summed E-state index contributed by atoms with van der Waals surface area (Å²) in [5, 5.41) is 7.08. The zero-order chi connectivity index (χ0) is 22.9. The van der Waals surface area contributed by atoms with Gasteiger partial charge in [-0.15, -0.1) is 11.3 Å². The highest BCUT2D eigenvalue weighted by atomic mass is 32.1. The maximum Gasteiger partial charge on any atom is 0.341 e. The van der Waals surface area contributed by atoms with Crippen molar-refractivity contribution >= 4 is 51.3 Å². The van der Waals surface area contributed by atoms with Gasteiger partial charge in [-0.1, -0.05) is 37.3 Å². The van der Waals surface area contributed by atoms with E-state index < -0.39 is 5.97 Å². The van der Waals surface area contributed by atoms with Crippen LogP contribution in [-0.4, -0.2) is 30.3 Å². The standard InChI is InChI=1S/C24H24N2O4S2/c1-3-14-30-22(27)17-10-12-18(13-11-17)25-24(31)26-21-19(23(28)29-4-2)15-20(32-21)16-8-6-5-7-9-16/h5-13,15H,3-4,14H2,1-2H3,(H2,25,26,31). The number of benzene rings is 2. The molecular formula is C24H24N2O4S2. The summed E-state index contributed by atoms with van der Waals surface area (Å²) in [4.78, 5) is 25.3. The molecule has 0 amide bonds. The fourth-order valence-corrected chi connectivity index (χ4v) is 4.16. The topological polar surface area (TPSA) is 76.7 Å².